The number of carbonyl (C=O) groups is 3. The molecule has 1 aromatic rings. The number of hydrogen-bond acceptors (Lipinski definition) is 6. The van der Waals surface area contributed by atoms with Gasteiger partial charge in [-0.05, 0) is 56.4 Å². The van der Waals surface area contributed by atoms with E-state index in [1.807, 2.05) is 4.90 Å². The molecule has 8 heteroatoms. The van der Waals surface area contributed by atoms with Gasteiger partial charge in [-0.1, -0.05) is 13.8 Å². The van der Waals surface area contributed by atoms with Crippen molar-refractivity contribution >= 4 is 23.5 Å². The van der Waals surface area contributed by atoms with Gasteiger partial charge < -0.3 is 15.0 Å². The molecule has 2 aliphatic heterocycles. The number of carbonyl (C=O) groups excluding carboxylic acids is 3. The maximum atomic E-state index is 12.7. The summed E-state index contributed by atoms with van der Waals surface area (Å²) in [6.45, 7) is 13.6. The first-order chi connectivity index (χ1) is 15.7. The molecule has 2 amide bonds. The summed E-state index contributed by atoms with van der Waals surface area (Å²) in [7, 11) is 0. The zero-order chi connectivity index (χ0) is 24.0. The summed E-state index contributed by atoms with van der Waals surface area (Å²) in [4.78, 5) is 43.4. The predicted molar refractivity (Wildman–Crippen MR) is 128 cm³/mol. The molecule has 0 saturated carbocycles. The van der Waals surface area contributed by atoms with E-state index in [9.17, 15) is 14.4 Å². The summed E-state index contributed by atoms with van der Waals surface area (Å²) < 4.78 is 5.17. The molecule has 2 fully saturated rings. The lowest BCUT2D eigenvalue weighted by Gasteiger charge is -2.38. The number of amides is 2. The lowest BCUT2D eigenvalue weighted by atomic mass is 9.92. The molecular weight excluding hydrogens is 420 g/mol. The van der Waals surface area contributed by atoms with Crippen LogP contribution in [0, 0.1) is 11.8 Å². The van der Waals surface area contributed by atoms with Crippen LogP contribution in [0.15, 0.2) is 24.3 Å². The van der Waals surface area contributed by atoms with Crippen molar-refractivity contribution in [2.24, 2.45) is 11.8 Å². The summed E-state index contributed by atoms with van der Waals surface area (Å²) in [6.07, 6.45) is 1.02. The van der Waals surface area contributed by atoms with Crippen molar-refractivity contribution in [3.63, 3.8) is 0 Å². The van der Waals surface area contributed by atoms with Crippen LogP contribution in [0.1, 0.15) is 44.5 Å². The van der Waals surface area contributed by atoms with Gasteiger partial charge in [0.2, 0.25) is 11.8 Å². The van der Waals surface area contributed by atoms with Crippen LogP contribution in [0.25, 0.3) is 0 Å². The number of anilines is 1. The molecule has 1 aromatic carbocycles. The van der Waals surface area contributed by atoms with Crippen LogP contribution in [0.2, 0.25) is 0 Å². The number of rotatable bonds is 7. The molecule has 0 bridgehead atoms. The van der Waals surface area contributed by atoms with Crippen LogP contribution in [0.4, 0.5) is 5.69 Å². The number of piperidine rings is 1. The van der Waals surface area contributed by atoms with Crippen LogP contribution in [-0.4, -0.2) is 90.9 Å². The monoisotopic (exact) mass is 458 g/mol. The van der Waals surface area contributed by atoms with E-state index < -0.39 is 0 Å². The SMILES string of the molecule is CC1CC(C)CN(C(=O)CN2CCN(CC(=O)Nc3ccc(C(=O)OC(C)C)cc3)CC2)C1. The first-order valence-corrected chi connectivity index (χ1v) is 12.0. The minimum Gasteiger partial charge on any atom is -0.459 e. The average molecular weight is 459 g/mol. The van der Waals surface area contributed by atoms with Gasteiger partial charge in [-0.2, -0.15) is 0 Å². The third-order valence-electron chi connectivity index (χ3n) is 6.16. The summed E-state index contributed by atoms with van der Waals surface area (Å²) in [5.41, 5.74) is 1.11. The van der Waals surface area contributed by atoms with Gasteiger partial charge in [-0.3, -0.25) is 19.4 Å². The van der Waals surface area contributed by atoms with Crippen molar-refractivity contribution in [1.82, 2.24) is 14.7 Å². The second-order valence-corrected chi connectivity index (χ2v) is 9.88. The summed E-state index contributed by atoms with van der Waals surface area (Å²) in [5, 5.41) is 2.88. The van der Waals surface area contributed by atoms with Crippen LogP contribution in [0.3, 0.4) is 0 Å². The number of piperazine rings is 1. The van der Waals surface area contributed by atoms with Gasteiger partial charge in [0.25, 0.3) is 0 Å². The number of nitrogens with zero attached hydrogens (tertiary/aromatic N) is 3. The molecule has 2 atom stereocenters. The molecule has 0 spiro atoms. The summed E-state index contributed by atoms with van der Waals surface area (Å²) in [6, 6.07) is 6.72. The largest absolute Gasteiger partial charge is 0.459 e. The van der Waals surface area contributed by atoms with Crippen LogP contribution < -0.4 is 5.32 Å². The quantitative estimate of drug-likeness (QED) is 0.632. The molecule has 2 aliphatic rings. The zero-order valence-electron chi connectivity index (χ0n) is 20.4. The molecule has 0 aromatic heterocycles. The number of nitrogens with one attached hydrogen (secondary N) is 1. The molecular formula is C25H38N4O4. The molecule has 8 nitrogen and oxygen atoms in total. The highest BCUT2D eigenvalue weighted by atomic mass is 16.5. The maximum Gasteiger partial charge on any atom is 0.338 e. The number of hydrogen-bond donors (Lipinski definition) is 1. The maximum absolute atomic E-state index is 12.7. The Kier molecular flexibility index (Phi) is 8.86. The Labute approximate surface area is 197 Å². The van der Waals surface area contributed by atoms with E-state index in [0.29, 0.717) is 36.2 Å². The minimum absolute atomic E-state index is 0.0895. The molecule has 3 rings (SSSR count). The highest BCUT2D eigenvalue weighted by Gasteiger charge is 2.27. The second kappa shape index (κ2) is 11.6. The Bertz CT molecular complexity index is 808. The Morgan fingerprint density at radius 3 is 2.03 bits per heavy atom. The van der Waals surface area contributed by atoms with Gasteiger partial charge in [0, 0.05) is 45.0 Å². The standard InChI is InChI=1S/C25H38N4O4/c1-18(2)33-25(32)21-5-7-22(8-6-21)26-23(30)16-27-9-11-28(12-10-27)17-24(31)29-14-19(3)13-20(4)15-29/h5-8,18-20H,9-17H2,1-4H3,(H,26,30). The molecule has 2 heterocycles. The van der Waals surface area contributed by atoms with E-state index in [2.05, 4.69) is 29.0 Å². The van der Waals surface area contributed by atoms with Crippen molar-refractivity contribution < 1.29 is 19.1 Å². The fraction of sp³-hybridized carbons (Fsp3) is 0.640. The van der Waals surface area contributed by atoms with Gasteiger partial charge in [-0.25, -0.2) is 4.79 Å². The molecule has 2 saturated heterocycles. The Morgan fingerprint density at radius 1 is 0.939 bits per heavy atom. The van der Waals surface area contributed by atoms with Crippen LogP contribution in [-0.2, 0) is 14.3 Å². The van der Waals surface area contributed by atoms with Gasteiger partial charge in [0.05, 0.1) is 24.8 Å². The molecule has 1 N–H and O–H groups in total. The fourth-order valence-corrected chi connectivity index (χ4v) is 4.64. The smallest absolute Gasteiger partial charge is 0.338 e. The van der Waals surface area contributed by atoms with Crippen LogP contribution in [0.5, 0.6) is 0 Å². The number of esters is 1. The number of likely N-dealkylation sites (tertiary alicyclic amines) is 1. The molecule has 182 valence electrons. The first-order valence-electron chi connectivity index (χ1n) is 12.0. The van der Waals surface area contributed by atoms with Crippen molar-refractivity contribution in [3.8, 4) is 0 Å². The zero-order valence-corrected chi connectivity index (χ0v) is 20.4. The second-order valence-electron chi connectivity index (χ2n) is 9.88. The van der Waals surface area contributed by atoms with E-state index in [4.69, 9.17) is 4.74 Å². The van der Waals surface area contributed by atoms with Crippen molar-refractivity contribution in [3.05, 3.63) is 29.8 Å². The van der Waals surface area contributed by atoms with Crippen molar-refractivity contribution in [2.45, 2.75) is 40.2 Å². The predicted octanol–water partition coefficient (Wildman–Crippen LogP) is 2.31. The molecule has 33 heavy (non-hydrogen) atoms. The van der Waals surface area contributed by atoms with Crippen LogP contribution >= 0.6 is 0 Å². The Morgan fingerprint density at radius 2 is 1.48 bits per heavy atom. The Hall–Kier alpha value is -2.45. The lowest BCUT2D eigenvalue weighted by Crippen LogP contribution is -2.52. The topological polar surface area (TPSA) is 82.2 Å². The van der Waals surface area contributed by atoms with E-state index >= 15 is 0 Å². The van der Waals surface area contributed by atoms with E-state index in [1.165, 1.54) is 6.42 Å². The Balaban J connectivity index is 1.38. The third kappa shape index (κ3) is 7.82. The molecule has 0 radical (unpaired) electrons. The minimum atomic E-state index is -0.372. The number of ether oxygens (including phenoxy) is 1. The number of benzene rings is 1. The van der Waals surface area contributed by atoms with E-state index in [0.717, 1.165) is 39.3 Å². The normalized spacial score (nSPS) is 22.3. The molecule has 0 aliphatic carbocycles. The summed E-state index contributed by atoms with van der Waals surface area (Å²) >= 11 is 0. The van der Waals surface area contributed by atoms with Crippen molar-refractivity contribution in [1.29, 1.82) is 0 Å². The molecule has 2 unspecified atom stereocenters. The average Bonchev–Trinajstić information content (AvgIpc) is 2.74. The van der Waals surface area contributed by atoms with Gasteiger partial charge in [0.15, 0.2) is 0 Å². The third-order valence-corrected chi connectivity index (χ3v) is 6.16. The lowest BCUT2D eigenvalue weighted by molar-refractivity contribution is -0.135. The van der Waals surface area contributed by atoms with Gasteiger partial charge in [-0.15, -0.1) is 0 Å². The highest BCUT2D eigenvalue weighted by Crippen LogP contribution is 2.21. The van der Waals surface area contributed by atoms with Gasteiger partial charge >= 0.3 is 5.97 Å². The first kappa shape index (κ1) is 25.2. The highest BCUT2D eigenvalue weighted by molar-refractivity contribution is 5.94. The summed E-state index contributed by atoms with van der Waals surface area (Å²) in [5.74, 6) is 0.897. The fourth-order valence-electron chi connectivity index (χ4n) is 4.64. The van der Waals surface area contributed by atoms with Gasteiger partial charge in [0.1, 0.15) is 0 Å². The van der Waals surface area contributed by atoms with Crippen molar-refractivity contribution in [2.75, 3.05) is 57.7 Å². The van der Waals surface area contributed by atoms with E-state index in [-0.39, 0.29) is 23.9 Å². The van der Waals surface area contributed by atoms with E-state index in [1.54, 1.807) is 38.1 Å².